The van der Waals surface area contributed by atoms with Crippen molar-refractivity contribution in [3.05, 3.63) is 94.1 Å². The molecule has 0 amide bonds. The first kappa shape index (κ1) is 28.1. The number of alkyl halides is 6. The second-order valence-electron chi connectivity index (χ2n) is 9.67. The molecular formula is C32H12F6N4O2. The Bertz CT molecular complexity index is 2140. The number of allylic oxidation sites excluding steroid dienone is 2. The number of nitriles is 3. The van der Waals surface area contributed by atoms with Crippen LogP contribution in [0, 0.1) is 39.4 Å². The van der Waals surface area contributed by atoms with Crippen LogP contribution in [0.4, 0.5) is 26.3 Å². The standard InChI is InChI=1S/C32H12F6N4O2/c33-31(34,35)43-19-1-3-21-23-5-15-6-24-22-4-2-20(44-32(36,37)38)10-28(22)30(18(13-41)14-42)26(24)8-16(15)7-25(23)29(27(21)9-19)17(11-39)12-40/h1-11,39H/b29-17-,39-11?. The van der Waals surface area contributed by atoms with Gasteiger partial charge in [0.25, 0.3) is 0 Å². The summed E-state index contributed by atoms with van der Waals surface area (Å²) in [7, 11) is 0. The smallest absolute Gasteiger partial charge is 0.406 e. The minimum Gasteiger partial charge on any atom is -0.406 e. The molecule has 12 heteroatoms. The van der Waals surface area contributed by atoms with Gasteiger partial charge in [-0.05, 0) is 104 Å². The molecule has 6 nitrogen and oxygen atoms in total. The molecule has 4 aromatic rings. The fourth-order valence-electron chi connectivity index (χ4n) is 5.68. The lowest BCUT2D eigenvalue weighted by atomic mass is 9.93. The Kier molecular flexibility index (Phi) is 6.22. The monoisotopic (exact) mass is 598 g/mol. The van der Waals surface area contributed by atoms with Crippen LogP contribution in [0.5, 0.6) is 11.5 Å². The summed E-state index contributed by atoms with van der Waals surface area (Å²) in [5, 5.41) is 38.1. The van der Waals surface area contributed by atoms with Gasteiger partial charge in [-0.1, -0.05) is 12.1 Å². The minimum absolute atomic E-state index is 0.111. The van der Waals surface area contributed by atoms with Gasteiger partial charge in [0.2, 0.25) is 0 Å². The quantitative estimate of drug-likeness (QED) is 0.125. The molecule has 0 unspecified atom stereocenters. The van der Waals surface area contributed by atoms with Crippen molar-refractivity contribution < 1.29 is 35.8 Å². The fraction of sp³-hybridized carbons (Fsp3) is 0.0625. The van der Waals surface area contributed by atoms with E-state index in [1.165, 1.54) is 12.1 Å². The van der Waals surface area contributed by atoms with Crippen LogP contribution in [0.1, 0.15) is 22.3 Å². The van der Waals surface area contributed by atoms with E-state index in [-0.39, 0.29) is 33.4 Å². The van der Waals surface area contributed by atoms with E-state index in [9.17, 15) is 42.1 Å². The maximum atomic E-state index is 13.0. The Hall–Kier alpha value is -6.06. The highest BCUT2D eigenvalue weighted by molar-refractivity contribution is 6.14. The molecule has 0 aliphatic heterocycles. The molecule has 2 aliphatic carbocycles. The first-order valence-corrected chi connectivity index (χ1v) is 12.5. The number of fused-ring (bicyclic) bond motifs is 7. The Labute approximate surface area is 244 Å². The molecule has 0 aromatic heterocycles. The first-order valence-electron chi connectivity index (χ1n) is 12.5. The number of nitrogens with one attached hydrogen (secondary N) is 1. The summed E-state index contributed by atoms with van der Waals surface area (Å²) >= 11 is 0. The van der Waals surface area contributed by atoms with Gasteiger partial charge in [0.15, 0.2) is 0 Å². The summed E-state index contributed by atoms with van der Waals surface area (Å²) < 4.78 is 85.9. The highest BCUT2D eigenvalue weighted by Crippen LogP contribution is 2.52. The molecule has 0 fully saturated rings. The van der Waals surface area contributed by atoms with E-state index in [0.29, 0.717) is 44.2 Å². The number of halogens is 6. The molecule has 0 radical (unpaired) electrons. The van der Waals surface area contributed by atoms with Crippen molar-refractivity contribution >= 4 is 28.1 Å². The number of rotatable bonds is 3. The lowest BCUT2D eigenvalue weighted by molar-refractivity contribution is -0.275. The summed E-state index contributed by atoms with van der Waals surface area (Å²) in [5.41, 5.74) is 3.21. The third-order valence-electron chi connectivity index (χ3n) is 7.23. The molecule has 0 atom stereocenters. The number of benzene rings is 4. The van der Waals surface area contributed by atoms with Crippen molar-refractivity contribution in [2.75, 3.05) is 0 Å². The summed E-state index contributed by atoms with van der Waals surface area (Å²) in [5.74, 6) is -1.04. The van der Waals surface area contributed by atoms with E-state index in [4.69, 9.17) is 5.41 Å². The average Bonchev–Trinajstić information content (AvgIpc) is 3.42. The average molecular weight is 598 g/mol. The van der Waals surface area contributed by atoms with E-state index in [1.54, 1.807) is 36.4 Å². The largest absolute Gasteiger partial charge is 0.573 e. The SMILES string of the molecule is N#CC(C#N)=C1c2cc(OC(F)(F)F)ccc2-c2cc3cc4c(cc3cc21)/C(=C(/C#N)C=N)c1cc(OC(F)(F)F)ccc1-4. The van der Waals surface area contributed by atoms with Gasteiger partial charge in [0, 0.05) is 17.4 Å². The Balaban J connectivity index is 1.61. The van der Waals surface area contributed by atoms with Crippen LogP contribution in [0.15, 0.2) is 71.8 Å². The number of nitrogens with zero attached hydrogens (tertiary/aromatic N) is 3. The number of hydrogen-bond acceptors (Lipinski definition) is 6. The second-order valence-corrected chi connectivity index (χ2v) is 9.67. The van der Waals surface area contributed by atoms with Crippen LogP contribution in [-0.4, -0.2) is 18.9 Å². The summed E-state index contributed by atoms with van der Waals surface area (Å²) in [6.07, 6.45) is -9.13. The highest BCUT2D eigenvalue weighted by Gasteiger charge is 2.35. The van der Waals surface area contributed by atoms with E-state index in [0.717, 1.165) is 30.5 Å². The summed E-state index contributed by atoms with van der Waals surface area (Å²) in [6, 6.07) is 19.6. The zero-order chi connectivity index (χ0) is 31.6. The Morgan fingerprint density at radius 1 is 0.568 bits per heavy atom. The number of hydrogen-bond donors (Lipinski definition) is 1. The lowest BCUT2D eigenvalue weighted by Crippen LogP contribution is -2.17. The Morgan fingerprint density at radius 3 is 1.39 bits per heavy atom. The van der Waals surface area contributed by atoms with Crippen molar-refractivity contribution in [1.82, 2.24) is 0 Å². The van der Waals surface area contributed by atoms with Gasteiger partial charge in [-0.15, -0.1) is 26.3 Å². The fourth-order valence-corrected chi connectivity index (χ4v) is 5.68. The summed E-state index contributed by atoms with van der Waals surface area (Å²) in [6.45, 7) is 0. The zero-order valence-electron chi connectivity index (χ0n) is 21.8. The van der Waals surface area contributed by atoms with Gasteiger partial charge in [-0.3, -0.25) is 0 Å². The van der Waals surface area contributed by atoms with Crippen LogP contribution in [0.2, 0.25) is 0 Å². The van der Waals surface area contributed by atoms with Crippen molar-refractivity contribution in [1.29, 1.82) is 21.2 Å². The maximum Gasteiger partial charge on any atom is 0.573 e. The van der Waals surface area contributed by atoms with Crippen molar-refractivity contribution in [3.63, 3.8) is 0 Å². The predicted molar refractivity (Wildman–Crippen MR) is 146 cm³/mol. The minimum atomic E-state index is -4.97. The van der Waals surface area contributed by atoms with E-state index in [1.807, 2.05) is 6.07 Å². The third kappa shape index (κ3) is 4.57. The first-order chi connectivity index (χ1) is 20.9. The molecule has 0 saturated heterocycles. The number of ether oxygens (including phenoxy) is 2. The molecule has 0 saturated carbocycles. The molecule has 0 heterocycles. The van der Waals surface area contributed by atoms with Crippen molar-refractivity contribution in [3.8, 4) is 52.0 Å². The molecular weight excluding hydrogens is 586 g/mol. The van der Waals surface area contributed by atoms with Gasteiger partial charge in [0.05, 0.1) is 5.57 Å². The van der Waals surface area contributed by atoms with Gasteiger partial charge in [0.1, 0.15) is 35.3 Å². The molecule has 4 aromatic carbocycles. The highest BCUT2D eigenvalue weighted by atomic mass is 19.4. The predicted octanol–water partition coefficient (Wildman–Crippen LogP) is 8.42. The lowest BCUT2D eigenvalue weighted by Gasteiger charge is -2.11. The van der Waals surface area contributed by atoms with Crippen LogP contribution in [0.25, 0.3) is 44.2 Å². The molecule has 0 spiro atoms. The van der Waals surface area contributed by atoms with E-state index >= 15 is 0 Å². The maximum absolute atomic E-state index is 13.0. The van der Waals surface area contributed by atoms with Gasteiger partial charge >= 0.3 is 12.7 Å². The van der Waals surface area contributed by atoms with Gasteiger partial charge < -0.3 is 14.9 Å². The topological polar surface area (TPSA) is 114 Å². The second kappa shape index (κ2) is 9.75. The van der Waals surface area contributed by atoms with Crippen molar-refractivity contribution in [2.45, 2.75) is 12.7 Å². The molecule has 1 N–H and O–H groups in total. The Morgan fingerprint density at radius 2 is 0.977 bits per heavy atom. The van der Waals surface area contributed by atoms with Crippen molar-refractivity contribution in [2.24, 2.45) is 0 Å². The van der Waals surface area contributed by atoms with E-state index < -0.39 is 24.2 Å². The molecule has 214 valence electrons. The van der Waals surface area contributed by atoms with Crippen LogP contribution in [-0.2, 0) is 0 Å². The van der Waals surface area contributed by atoms with Gasteiger partial charge in [-0.25, -0.2) is 0 Å². The normalized spacial score (nSPS) is 13.9. The van der Waals surface area contributed by atoms with Crippen LogP contribution >= 0.6 is 0 Å². The summed E-state index contributed by atoms with van der Waals surface area (Å²) in [4.78, 5) is 0. The molecule has 6 rings (SSSR count). The van der Waals surface area contributed by atoms with Crippen LogP contribution < -0.4 is 9.47 Å². The van der Waals surface area contributed by atoms with Gasteiger partial charge in [-0.2, -0.15) is 15.8 Å². The third-order valence-corrected chi connectivity index (χ3v) is 7.23. The molecule has 44 heavy (non-hydrogen) atoms. The molecule has 0 bridgehead atoms. The van der Waals surface area contributed by atoms with E-state index in [2.05, 4.69) is 9.47 Å². The molecule has 2 aliphatic rings. The van der Waals surface area contributed by atoms with Crippen LogP contribution in [0.3, 0.4) is 0 Å². The zero-order valence-corrected chi connectivity index (χ0v) is 21.8.